The molecule has 26 heavy (non-hydrogen) atoms. The third-order valence-electron chi connectivity index (χ3n) is 6.80. The van der Waals surface area contributed by atoms with E-state index < -0.39 is 0 Å². The summed E-state index contributed by atoms with van der Waals surface area (Å²) in [5.74, 6) is 3.68. The number of esters is 1. The van der Waals surface area contributed by atoms with Crippen LogP contribution in [0, 0.1) is 23.7 Å². The smallest absolute Gasteiger partial charge is 0.314 e. The Morgan fingerprint density at radius 2 is 1.73 bits per heavy atom. The number of carbonyl (C=O) groups excluding carboxylic acids is 1. The molecule has 0 aromatic heterocycles. The molecule has 1 aromatic rings. The van der Waals surface area contributed by atoms with Crippen LogP contribution in [0.25, 0.3) is 0 Å². The lowest BCUT2D eigenvalue weighted by Crippen LogP contribution is -2.33. The van der Waals surface area contributed by atoms with Gasteiger partial charge in [0.25, 0.3) is 0 Å². The topological polar surface area (TPSA) is 26.3 Å². The van der Waals surface area contributed by atoms with Gasteiger partial charge in [0.2, 0.25) is 0 Å². The van der Waals surface area contributed by atoms with Gasteiger partial charge in [0.1, 0.15) is 5.75 Å². The van der Waals surface area contributed by atoms with E-state index in [0.717, 1.165) is 24.7 Å². The Morgan fingerprint density at radius 3 is 2.38 bits per heavy atom. The fourth-order valence-electron chi connectivity index (χ4n) is 5.27. The van der Waals surface area contributed by atoms with Gasteiger partial charge in [0, 0.05) is 0 Å². The fourth-order valence-corrected chi connectivity index (χ4v) is 5.27. The molecule has 0 spiro atoms. The summed E-state index contributed by atoms with van der Waals surface area (Å²) in [6, 6.07) is 8.29. The van der Waals surface area contributed by atoms with Crippen molar-refractivity contribution in [3.63, 3.8) is 0 Å². The van der Waals surface area contributed by atoms with E-state index >= 15 is 0 Å². The maximum Gasteiger partial charge on any atom is 0.314 e. The Kier molecular flexibility index (Phi) is 6.78. The predicted octanol–water partition coefficient (Wildman–Crippen LogP) is 6.74. The summed E-state index contributed by atoms with van der Waals surface area (Å²) in [7, 11) is 0. The van der Waals surface area contributed by atoms with E-state index in [9.17, 15) is 4.79 Å². The first kappa shape index (κ1) is 19.5. The summed E-state index contributed by atoms with van der Waals surface area (Å²) < 4.78 is 5.75. The largest absolute Gasteiger partial charge is 0.426 e. The predicted molar refractivity (Wildman–Crippen MR) is 107 cm³/mol. The highest BCUT2D eigenvalue weighted by atomic mass is 16.5. The van der Waals surface area contributed by atoms with E-state index in [1.165, 1.54) is 50.5 Å². The van der Waals surface area contributed by atoms with Crippen LogP contribution in [0.4, 0.5) is 0 Å². The minimum absolute atomic E-state index is 0.00394. The number of hydrogen-bond acceptors (Lipinski definition) is 2. The molecule has 0 N–H and O–H groups in total. The Balaban J connectivity index is 1.57. The molecule has 0 radical (unpaired) electrons. The van der Waals surface area contributed by atoms with Crippen LogP contribution in [0.2, 0.25) is 0 Å². The van der Waals surface area contributed by atoms with Crippen LogP contribution in [0.5, 0.6) is 5.75 Å². The Labute approximate surface area is 159 Å². The number of ether oxygens (including phenoxy) is 1. The van der Waals surface area contributed by atoms with Crippen LogP contribution in [0.15, 0.2) is 24.3 Å². The van der Waals surface area contributed by atoms with Gasteiger partial charge in [-0.3, -0.25) is 4.79 Å². The Bertz CT molecular complexity index is 574. The quantitative estimate of drug-likeness (QED) is 0.417. The van der Waals surface area contributed by atoms with Crippen molar-refractivity contribution in [3.8, 4) is 5.75 Å². The lowest BCUT2D eigenvalue weighted by molar-refractivity contribution is -0.141. The second-order valence-corrected chi connectivity index (χ2v) is 8.94. The van der Waals surface area contributed by atoms with Crippen molar-refractivity contribution in [2.45, 2.75) is 84.5 Å². The van der Waals surface area contributed by atoms with Gasteiger partial charge in [-0.25, -0.2) is 0 Å². The summed E-state index contributed by atoms with van der Waals surface area (Å²) in [6.07, 6.45) is 11.1. The molecular weight excluding hydrogens is 320 g/mol. The normalized spacial score (nSPS) is 27.0. The first-order valence-electron chi connectivity index (χ1n) is 10.9. The SMILES string of the molecule is CCCC(c1ccc(OC(=O)C2CCC3CCCCC3C2)cc1)C(C)C. The standard InChI is InChI=1S/C24H36O2/c1-4-7-23(17(2)3)19-12-14-22(15-13-19)26-24(25)21-11-10-18-8-5-6-9-20(18)16-21/h12-15,17-18,20-21,23H,4-11,16H2,1-3H3. The number of carbonyl (C=O) groups is 1. The number of rotatable bonds is 6. The summed E-state index contributed by atoms with van der Waals surface area (Å²) >= 11 is 0. The zero-order valence-corrected chi connectivity index (χ0v) is 16.9. The van der Waals surface area contributed by atoms with Gasteiger partial charge in [0.15, 0.2) is 0 Å². The van der Waals surface area contributed by atoms with Crippen molar-refractivity contribution in [2.75, 3.05) is 0 Å². The van der Waals surface area contributed by atoms with Crippen LogP contribution in [-0.2, 0) is 4.79 Å². The van der Waals surface area contributed by atoms with E-state index in [0.29, 0.717) is 17.6 Å². The average Bonchev–Trinajstić information content (AvgIpc) is 2.66. The van der Waals surface area contributed by atoms with Gasteiger partial charge in [-0.05, 0) is 67.1 Å². The maximum atomic E-state index is 12.6. The molecule has 2 saturated carbocycles. The fraction of sp³-hybridized carbons (Fsp3) is 0.708. The molecule has 0 amide bonds. The molecule has 2 aliphatic rings. The van der Waals surface area contributed by atoms with Crippen molar-refractivity contribution in [2.24, 2.45) is 23.7 Å². The van der Waals surface area contributed by atoms with E-state index in [4.69, 9.17) is 4.74 Å². The molecule has 4 atom stereocenters. The van der Waals surface area contributed by atoms with Crippen LogP contribution in [0.1, 0.15) is 90.0 Å². The van der Waals surface area contributed by atoms with E-state index in [2.05, 4.69) is 32.9 Å². The van der Waals surface area contributed by atoms with Gasteiger partial charge in [-0.1, -0.05) is 65.0 Å². The monoisotopic (exact) mass is 356 g/mol. The molecular formula is C24H36O2. The first-order valence-corrected chi connectivity index (χ1v) is 10.9. The van der Waals surface area contributed by atoms with Crippen molar-refractivity contribution in [1.29, 1.82) is 0 Å². The summed E-state index contributed by atoms with van der Waals surface area (Å²) in [4.78, 5) is 12.6. The molecule has 0 bridgehead atoms. The van der Waals surface area contributed by atoms with Crippen LogP contribution in [-0.4, -0.2) is 5.97 Å². The van der Waals surface area contributed by atoms with Gasteiger partial charge in [-0.2, -0.15) is 0 Å². The molecule has 2 heteroatoms. The minimum Gasteiger partial charge on any atom is -0.426 e. The van der Waals surface area contributed by atoms with Crippen molar-refractivity contribution >= 4 is 5.97 Å². The van der Waals surface area contributed by atoms with Crippen LogP contribution < -0.4 is 4.74 Å². The Morgan fingerprint density at radius 1 is 1.04 bits per heavy atom. The van der Waals surface area contributed by atoms with E-state index in [-0.39, 0.29) is 11.9 Å². The maximum absolute atomic E-state index is 12.6. The molecule has 3 rings (SSSR count). The second kappa shape index (κ2) is 9.06. The molecule has 0 aliphatic heterocycles. The molecule has 1 aromatic carbocycles. The molecule has 2 aliphatic carbocycles. The van der Waals surface area contributed by atoms with Crippen molar-refractivity contribution < 1.29 is 9.53 Å². The van der Waals surface area contributed by atoms with E-state index in [1.54, 1.807) is 0 Å². The molecule has 0 heterocycles. The van der Waals surface area contributed by atoms with Crippen molar-refractivity contribution in [1.82, 2.24) is 0 Å². The zero-order chi connectivity index (χ0) is 18.5. The lowest BCUT2D eigenvalue weighted by atomic mass is 9.67. The van der Waals surface area contributed by atoms with Crippen LogP contribution >= 0.6 is 0 Å². The molecule has 144 valence electrons. The third kappa shape index (κ3) is 4.69. The van der Waals surface area contributed by atoms with Crippen molar-refractivity contribution in [3.05, 3.63) is 29.8 Å². The summed E-state index contributed by atoms with van der Waals surface area (Å²) in [6.45, 7) is 6.82. The number of hydrogen-bond donors (Lipinski definition) is 0. The first-order chi connectivity index (χ1) is 12.6. The lowest BCUT2D eigenvalue weighted by Gasteiger charge is -2.38. The third-order valence-corrected chi connectivity index (χ3v) is 6.80. The zero-order valence-electron chi connectivity index (χ0n) is 16.9. The van der Waals surface area contributed by atoms with E-state index in [1.807, 2.05) is 12.1 Å². The molecule has 0 saturated heterocycles. The van der Waals surface area contributed by atoms with Gasteiger partial charge < -0.3 is 4.74 Å². The highest BCUT2D eigenvalue weighted by molar-refractivity contribution is 5.75. The minimum atomic E-state index is -0.00394. The average molecular weight is 357 g/mol. The molecule has 4 unspecified atom stereocenters. The van der Waals surface area contributed by atoms with Crippen LogP contribution in [0.3, 0.4) is 0 Å². The van der Waals surface area contributed by atoms with Gasteiger partial charge in [0.05, 0.1) is 5.92 Å². The number of fused-ring (bicyclic) bond motifs is 1. The summed E-state index contributed by atoms with van der Waals surface area (Å²) in [5.41, 5.74) is 1.37. The van der Waals surface area contributed by atoms with Gasteiger partial charge >= 0.3 is 5.97 Å². The second-order valence-electron chi connectivity index (χ2n) is 8.94. The molecule has 2 fully saturated rings. The highest BCUT2D eigenvalue weighted by Crippen LogP contribution is 2.43. The number of benzene rings is 1. The Hall–Kier alpha value is -1.31. The summed E-state index contributed by atoms with van der Waals surface area (Å²) in [5, 5.41) is 0. The molecule has 2 nitrogen and oxygen atoms in total. The van der Waals surface area contributed by atoms with Gasteiger partial charge in [-0.15, -0.1) is 0 Å². The highest BCUT2D eigenvalue weighted by Gasteiger charge is 2.35.